The van der Waals surface area contributed by atoms with Gasteiger partial charge in [-0.15, -0.1) is 13.2 Å². The van der Waals surface area contributed by atoms with Gasteiger partial charge in [-0.2, -0.15) is 0 Å². The predicted octanol–water partition coefficient (Wildman–Crippen LogP) is 2.13. The fourth-order valence-corrected chi connectivity index (χ4v) is 4.67. The molecular formula is C26H40F3N5O4. The van der Waals surface area contributed by atoms with Crippen LogP contribution < -0.4 is 20.7 Å². The number of nitrogens with zero attached hydrogens (tertiary/aromatic N) is 2. The van der Waals surface area contributed by atoms with Gasteiger partial charge in [-0.05, 0) is 58.3 Å². The average Bonchev–Trinajstić information content (AvgIpc) is 3.79. The lowest BCUT2D eigenvalue weighted by atomic mass is 9.77. The van der Waals surface area contributed by atoms with Crippen molar-refractivity contribution < 1.29 is 32.3 Å². The third-order valence-electron chi connectivity index (χ3n) is 6.58. The number of rotatable bonds is 6. The Bertz CT molecular complexity index is 868. The summed E-state index contributed by atoms with van der Waals surface area (Å²) in [5.74, 6) is -0.0341. The monoisotopic (exact) mass is 543 g/mol. The van der Waals surface area contributed by atoms with E-state index in [4.69, 9.17) is 4.79 Å². The van der Waals surface area contributed by atoms with Gasteiger partial charge < -0.3 is 30.5 Å². The molecule has 214 valence electrons. The van der Waals surface area contributed by atoms with Crippen molar-refractivity contribution in [3.05, 3.63) is 30.3 Å². The lowest BCUT2D eigenvalue weighted by Crippen LogP contribution is -2.55. The summed E-state index contributed by atoms with van der Waals surface area (Å²) in [6, 6.07) is 8.67. The number of likely N-dealkylation sites (tertiary alicyclic amines) is 1. The predicted molar refractivity (Wildman–Crippen MR) is 137 cm³/mol. The molecule has 2 aliphatic carbocycles. The van der Waals surface area contributed by atoms with Gasteiger partial charge in [0.25, 0.3) is 0 Å². The smallest absolute Gasteiger partial charge is 0.406 e. The molecule has 9 nitrogen and oxygen atoms in total. The van der Waals surface area contributed by atoms with E-state index in [2.05, 4.69) is 32.6 Å². The molecule has 1 aromatic carbocycles. The van der Waals surface area contributed by atoms with E-state index in [0.29, 0.717) is 18.9 Å². The third-order valence-corrected chi connectivity index (χ3v) is 6.58. The minimum atomic E-state index is -4.60. The SMILES string of the molecule is CN1CC(N(C=O)C2CC2)CC2(CNC(=O)C2)C1.CNC1CC1.CNC=O.FC(F)(F)Oc1ccccc1. The van der Waals surface area contributed by atoms with Crippen LogP contribution in [0.15, 0.2) is 30.3 Å². The Balaban J connectivity index is 0.000000214. The number of carbonyl (C=O) groups excluding carboxylic acids is 3. The van der Waals surface area contributed by atoms with Crippen LogP contribution in [0.4, 0.5) is 13.2 Å². The highest BCUT2D eigenvalue weighted by Gasteiger charge is 2.47. The molecule has 2 aliphatic heterocycles. The Hall–Kier alpha value is -2.86. The quantitative estimate of drug-likeness (QED) is 0.475. The summed E-state index contributed by atoms with van der Waals surface area (Å²) in [6.45, 7) is 2.66. The zero-order valence-electron chi connectivity index (χ0n) is 22.3. The summed E-state index contributed by atoms with van der Waals surface area (Å²) in [6.07, 6.45) is 3.70. The Morgan fingerprint density at radius 2 is 1.74 bits per heavy atom. The molecule has 2 saturated heterocycles. The normalized spacial score (nSPS) is 24.3. The number of amides is 3. The summed E-state index contributed by atoms with van der Waals surface area (Å²) < 4.78 is 38.2. The van der Waals surface area contributed by atoms with Crippen LogP contribution in [-0.4, -0.2) is 93.8 Å². The molecule has 5 rings (SSSR count). The van der Waals surface area contributed by atoms with Crippen LogP contribution in [0.2, 0.25) is 0 Å². The fraction of sp³-hybridized carbons (Fsp3) is 0.654. The standard InChI is InChI=1S/C13H21N3O2.C7H5F3O.C4H9N.C2H5NO/c1-15-6-11(16(9-17)10-2-3-10)4-13(8-15)5-12(18)14-7-13;8-7(9,10)11-6-4-2-1-3-5-6;1-5-4-2-3-4;1-3-2-4/h9-11H,2-8H2,1H3,(H,14,18);1-5H;4-5H,2-3H2,1H3;2H,1H3,(H,3,4). The van der Waals surface area contributed by atoms with Gasteiger partial charge in [-0.3, -0.25) is 14.4 Å². The lowest BCUT2D eigenvalue weighted by molar-refractivity contribution is -0.274. The molecule has 12 heteroatoms. The number of benzene rings is 1. The van der Waals surface area contributed by atoms with Crippen molar-refractivity contribution >= 4 is 18.7 Å². The minimum absolute atomic E-state index is 0.0465. The molecule has 2 saturated carbocycles. The second-order valence-electron chi connectivity index (χ2n) is 10.1. The van der Waals surface area contributed by atoms with Crippen molar-refractivity contribution in [1.29, 1.82) is 0 Å². The van der Waals surface area contributed by atoms with Crippen LogP contribution in [0, 0.1) is 5.41 Å². The molecule has 38 heavy (non-hydrogen) atoms. The number of para-hydroxylation sites is 1. The number of carbonyl (C=O) groups is 3. The number of hydrogen-bond donors (Lipinski definition) is 3. The summed E-state index contributed by atoms with van der Waals surface area (Å²) in [5.41, 5.74) is 0.0465. The first-order valence-electron chi connectivity index (χ1n) is 12.8. The van der Waals surface area contributed by atoms with Crippen molar-refractivity contribution in [1.82, 2.24) is 25.8 Å². The maximum atomic E-state index is 11.5. The van der Waals surface area contributed by atoms with Gasteiger partial charge in [-0.1, -0.05) is 18.2 Å². The second kappa shape index (κ2) is 14.9. The Morgan fingerprint density at radius 3 is 2.13 bits per heavy atom. The number of ether oxygens (including phenoxy) is 1. The van der Waals surface area contributed by atoms with Crippen LogP contribution in [0.1, 0.15) is 38.5 Å². The third kappa shape index (κ3) is 11.7. The van der Waals surface area contributed by atoms with Crippen LogP contribution in [0.3, 0.4) is 0 Å². The van der Waals surface area contributed by atoms with Gasteiger partial charge in [0.15, 0.2) is 0 Å². The van der Waals surface area contributed by atoms with E-state index in [1.165, 1.54) is 37.1 Å². The van der Waals surface area contributed by atoms with E-state index in [-0.39, 0.29) is 23.1 Å². The Labute approximate surface area is 222 Å². The number of hydrogen-bond acceptors (Lipinski definition) is 6. The maximum Gasteiger partial charge on any atom is 0.573 e. The van der Waals surface area contributed by atoms with Gasteiger partial charge in [-0.25, -0.2) is 0 Å². The average molecular weight is 544 g/mol. The number of alkyl halides is 3. The topological polar surface area (TPSA) is 103 Å². The Morgan fingerprint density at radius 1 is 1.11 bits per heavy atom. The molecule has 2 heterocycles. The molecule has 4 aliphatic rings. The number of likely N-dealkylation sites (N-methyl/N-ethyl adjacent to an activating group) is 1. The highest BCUT2D eigenvalue weighted by atomic mass is 19.4. The van der Waals surface area contributed by atoms with Crippen LogP contribution >= 0.6 is 0 Å². The molecule has 1 spiro atoms. The molecule has 0 aromatic heterocycles. The molecule has 2 atom stereocenters. The van der Waals surface area contributed by atoms with Crippen molar-refractivity contribution in [2.45, 2.75) is 63.0 Å². The second-order valence-corrected chi connectivity index (χ2v) is 10.1. The van der Waals surface area contributed by atoms with E-state index in [1.807, 2.05) is 11.9 Å². The largest absolute Gasteiger partial charge is 0.573 e. The van der Waals surface area contributed by atoms with Crippen molar-refractivity contribution in [2.75, 3.05) is 40.8 Å². The van der Waals surface area contributed by atoms with Gasteiger partial charge in [0, 0.05) is 56.6 Å². The highest BCUT2D eigenvalue weighted by Crippen LogP contribution is 2.39. The molecule has 3 N–H and O–H groups in total. The summed E-state index contributed by atoms with van der Waals surface area (Å²) in [5, 5.41) is 8.34. The molecule has 0 radical (unpaired) electrons. The zero-order valence-corrected chi connectivity index (χ0v) is 22.3. The van der Waals surface area contributed by atoms with Crippen molar-refractivity contribution in [2.24, 2.45) is 5.41 Å². The molecule has 1 aromatic rings. The lowest BCUT2D eigenvalue weighted by Gasteiger charge is -2.45. The van der Waals surface area contributed by atoms with Crippen molar-refractivity contribution in [3.8, 4) is 5.75 Å². The Kier molecular flexibility index (Phi) is 12.3. The summed E-state index contributed by atoms with van der Waals surface area (Å²) in [4.78, 5) is 36.1. The maximum absolute atomic E-state index is 11.5. The van der Waals surface area contributed by atoms with Crippen LogP contribution in [0.25, 0.3) is 0 Å². The van der Waals surface area contributed by atoms with E-state index in [9.17, 15) is 22.8 Å². The van der Waals surface area contributed by atoms with Gasteiger partial charge >= 0.3 is 6.36 Å². The van der Waals surface area contributed by atoms with E-state index in [1.54, 1.807) is 13.1 Å². The number of nitrogens with one attached hydrogen (secondary N) is 3. The highest BCUT2D eigenvalue weighted by molar-refractivity contribution is 5.79. The molecule has 2 unspecified atom stereocenters. The number of halogens is 3. The fourth-order valence-electron chi connectivity index (χ4n) is 4.67. The molecule has 0 bridgehead atoms. The summed E-state index contributed by atoms with van der Waals surface area (Å²) in [7, 11) is 5.66. The molecule has 3 amide bonds. The summed E-state index contributed by atoms with van der Waals surface area (Å²) >= 11 is 0. The van der Waals surface area contributed by atoms with E-state index >= 15 is 0 Å². The van der Waals surface area contributed by atoms with Gasteiger partial charge in [0.05, 0.1) is 0 Å². The van der Waals surface area contributed by atoms with E-state index < -0.39 is 6.36 Å². The zero-order chi connectivity index (χ0) is 28.2. The van der Waals surface area contributed by atoms with Crippen LogP contribution in [0.5, 0.6) is 5.75 Å². The minimum Gasteiger partial charge on any atom is -0.406 e. The molecular weight excluding hydrogens is 503 g/mol. The van der Waals surface area contributed by atoms with E-state index in [0.717, 1.165) is 51.3 Å². The van der Waals surface area contributed by atoms with Crippen molar-refractivity contribution in [3.63, 3.8) is 0 Å². The van der Waals surface area contributed by atoms with Gasteiger partial charge in [0.1, 0.15) is 5.75 Å². The molecule has 4 fully saturated rings. The number of piperidine rings is 1. The first kappa shape index (κ1) is 31.4. The van der Waals surface area contributed by atoms with Crippen LogP contribution in [-0.2, 0) is 14.4 Å². The van der Waals surface area contributed by atoms with Gasteiger partial charge in [0.2, 0.25) is 18.7 Å². The first-order valence-corrected chi connectivity index (χ1v) is 12.8. The first-order chi connectivity index (χ1) is 18.0.